The maximum absolute atomic E-state index is 10.2. The zero-order chi connectivity index (χ0) is 20.7. The molecule has 0 saturated carbocycles. The van der Waals surface area contributed by atoms with Crippen LogP contribution in [0.3, 0.4) is 0 Å². The van der Waals surface area contributed by atoms with Gasteiger partial charge in [-0.2, -0.15) is 0 Å². The van der Waals surface area contributed by atoms with Gasteiger partial charge in [0.15, 0.2) is 0 Å². The largest absolute Gasteiger partial charge is 0.507 e. The summed E-state index contributed by atoms with van der Waals surface area (Å²) in [5.41, 5.74) is 1.48. The van der Waals surface area contributed by atoms with Crippen LogP contribution in [0.4, 0.5) is 5.69 Å². The first-order valence-corrected chi connectivity index (χ1v) is 11.0. The fraction of sp³-hybridized carbons (Fsp3) is 0.480. The zero-order valence-electron chi connectivity index (χ0n) is 17.9. The summed E-state index contributed by atoms with van der Waals surface area (Å²) in [5, 5.41) is 10.2. The summed E-state index contributed by atoms with van der Waals surface area (Å²) in [6.45, 7) is 5.83. The molecule has 158 valence electrons. The number of aliphatic imine (C=N–C) groups is 1. The van der Waals surface area contributed by atoms with Gasteiger partial charge in [0.25, 0.3) is 0 Å². The highest BCUT2D eigenvalue weighted by molar-refractivity contribution is 5.85. The molecule has 0 heterocycles. The van der Waals surface area contributed by atoms with E-state index in [-0.39, 0.29) is 5.75 Å². The maximum atomic E-state index is 10.2. The van der Waals surface area contributed by atoms with Crippen LogP contribution in [0, 0.1) is 0 Å². The predicted octanol–water partition coefficient (Wildman–Crippen LogP) is 7.06. The summed E-state index contributed by atoms with van der Waals surface area (Å²) in [7, 11) is 0. The lowest BCUT2D eigenvalue weighted by Gasteiger charge is -2.07. The van der Waals surface area contributed by atoms with Crippen molar-refractivity contribution in [3.63, 3.8) is 0 Å². The second-order valence-electron chi connectivity index (χ2n) is 7.29. The van der Waals surface area contributed by atoms with E-state index in [1.807, 2.05) is 36.4 Å². The number of ether oxygens (including phenoxy) is 2. The Morgan fingerprint density at radius 3 is 1.93 bits per heavy atom. The number of unbranched alkanes of at least 4 members (excludes halogenated alkanes) is 6. The number of phenolic OH excluding ortho intramolecular Hbond substituents is 1. The van der Waals surface area contributed by atoms with Gasteiger partial charge in [-0.05, 0) is 49.2 Å². The molecule has 4 heteroatoms. The van der Waals surface area contributed by atoms with Crippen LogP contribution in [0.2, 0.25) is 0 Å². The Balaban J connectivity index is 1.81. The number of aromatic hydroxyl groups is 1. The average molecular weight is 398 g/mol. The third-order valence-electron chi connectivity index (χ3n) is 4.72. The lowest BCUT2D eigenvalue weighted by molar-refractivity contribution is 0.303. The van der Waals surface area contributed by atoms with Crippen LogP contribution < -0.4 is 9.47 Å². The minimum atomic E-state index is 0.173. The normalized spacial score (nSPS) is 11.1. The molecule has 0 spiro atoms. The van der Waals surface area contributed by atoms with Crippen molar-refractivity contribution < 1.29 is 14.6 Å². The number of rotatable bonds is 14. The molecule has 0 atom stereocenters. The standard InChI is InChI=1S/C25H35NO3/c1-3-5-7-9-17-28-23-15-12-22(13-16-23)26-20-21-11-14-24(19-25(21)27)29-18-10-8-6-4-2/h11-16,19-20,27H,3-10,17-18H2,1-2H3. The summed E-state index contributed by atoms with van der Waals surface area (Å²) in [5.74, 6) is 1.73. The molecule has 0 aliphatic heterocycles. The van der Waals surface area contributed by atoms with E-state index in [1.165, 1.54) is 38.5 Å². The Morgan fingerprint density at radius 1 is 0.759 bits per heavy atom. The van der Waals surface area contributed by atoms with E-state index in [1.54, 1.807) is 12.3 Å². The van der Waals surface area contributed by atoms with Gasteiger partial charge in [0.05, 0.1) is 18.9 Å². The van der Waals surface area contributed by atoms with Gasteiger partial charge in [0.2, 0.25) is 0 Å². The van der Waals surface area contributed by atoms with Gasteiger partial charge < -0.3 is 14.6 Å². The topological polar surface area (TPSA) is 51.0 Å². The van der Waals surface area contributed by atoms with Crippen molar-refractivity contribution >= 4 is 11.9 Å². The molecule has 0 unspecified atom stereocenters. The lowest BCUT2D eigenvalue weighted by Crippen LogP contribution is -1.97. The van der Waals surface area contributed by atoms with E-state index >= 15 is 0 Å². The third-order valence-corrected chi connectivity index (χ3v) is 4.72. The quantitative estimate of drug-likeness (QED) is 0.274. The van der Waals surface area contributed by atoms with Crippen LogP contribution in [0.15, 0.2) is 47.5 Å². The number of hydrogen-bond donors (Lipinski definition) is 1. The summed E-state index contributed by atoms with van der Waals surface area (Å²) in [4.78, 5) is 4.44. The van der Waals surface area contributed by atoms with E-state index < -0.39 is 0 Å². The summed E-state index contributed by atoms with van der Waals surface area (Å²) in [6.07, 6.45) is 11.1. The van der Waals surface area contributed by atoms with E-state index in [9.17, 15) is 5.11 Å². The van der Waals surface area contributed by atoms with Crippen molar-refractivity contribution in [2.24, 2.45) is 4.99 Å². The fourth-order valence-electron chi connectivity index (χ4n) is 2.93. The molecule has 2 rings (SSSR count). The number of nitrogens with zero attached hydrogens (tertiary/aromatic N) is 1. The second kappa shape index (κ2) is 13.6. The molecule has 0 saturated heterocycles. The van der Waals surface area contributed by atoms with Gasteiger partial charge in [0, 0.05) is 17.8 Å². The van der Waals surface area contributed by atoms with E-state index in [4.69, 9.17) is 9.47 Å². The van der Waals surface area contributed by atoms with Gasteiger partial charge in [-0.1, -0.05) is 52.4 Å². The molecule has 2 aromatic rings. The molecule has 0 radical (unpaired) electrons. The highest BCUT2D eigenvalue weighted by Gasteiger charge is 2.02. The molecule has 2 aromatic carbocycles. The van der Waals surface area contributed by atoms with Crippen LogP contribution in [0.1, 0.15) is 70.8 Å². The molecule has 0 aliphatic carbocycles. The van der Waals surface area contributed by atoms with Crippen molar-refractivity contribution in [1.29, 1.82) is 0 Å². The fourth-order valence-corrected chi connectivity index (χ4v) is 2.93. The molecule has 4 nitrogen and oxygen atoms in total. The van der Waals surface area contributed by atoms with Crippen LogP contribution in [0.5, 0.6) is 17.2 Å². The zero-order valence-corrected chi connectivity index (χ0v) is 17.9. The number of hydrogen-bond acceptors (Lipinski definition) is 4. The Labute approximate surface area is 175 Å². The van der Waals surface area contributed by atoms with Gasteiger partial charge >= 0.3 is 0 Å². The lowest BCUT2D eigenvalue weighted by atomic mass is 10.2. The molecular weight excluding hydrogens is 362 g/mol. The maximum Gasteiger partial charge on any atom is 0.128 e. The summed E-state index contributed by atoms with van der Waals surface area (Å²) in [6, 6.07) is 13.1. The molecule has 0 fully saturated rings. The first kappa shape index (κ1) is 22.8. The van der Waals surface area contributed by atoms with Crippen LogP contribution in [-0.2, 0) is 0 Å². The van der Waals surface area contributed by atoms with Gasteiger partial charge in [0.1, 0.15) is 17.2 Å². The SMILES string of the molecule is CCCCCCOc1ccc(N=Cc2ccc(OCCCCCC)cc2O)cc1. The molecule has 0 amide bonds. The second-order valence-corrected chi connectivity index (χ2v) is 7.29. The first-order valence-electron chi connectivity index (χ1n) is 11.0. The molecule has 29 heavy (non-hydrogen) atoms. The minimum Gasteiger partial charge on any atom is -0.507 e. The molecule has 1 N–H and O–H groups in total. The first-order chi connectivity index (χ1) is 14.2. The number of phenols is 1. The molecule has 0 aromatic heterocycles. The molecular formula is C25H35NO3. The van der Waals surface area contributed by atoms with Crippen LogP contribution in [-0.4, -0.2) is 24.5 Å². The van der Waals surface area contributed by atoms with Crippen LogP contribution >= 0.6 is 0 Å². The Hall–Kier alpha value is -2.49. The molecule has 0 bridgehead atoms. The molecule has 0 aliphatic rings. The third kappa shape index (κ3) is 9.03. The van der Waals surface area contributed by atoms with Gasteiger partial charge in [-0.3, -0.25) is 4.99 Å². The monoisotopic (exact) mass is 397 g/mol. The summed E-state index contributed by atoms with van der Waals surface area (Å²) < 4.78 is 11.5. The van der Waals surface area contributed by atoms with E-state index in [2.05, 4.69) is 18.8 Å². The Morgan fingerprint density at radius 2 is 1.34 bits per heavy atom. The van der Waals surface area contributed by atoms with E-state index in [0.29, 0.717) is 17.9 Å². The van der Waals surface area contributed by atoms with Crippen molar-refractivity contribution in [3.8, 4) is 17.2 Å². The summed E-state index contributed by atoms with van der Waals surface area (Å²) >= 11 is 0. The van der Waals surface area contributed by atoms with Gasteiger partial charge in [-0.25, -0.2) is 0 Å². The Kier molecular flexibility index (Phi) is 10.7. The van der Waals surface area contributed by atoms with Crippen molar-refractivity contribution in [1.82, 2.24) is 0 Å². The van der Waals surface area contributed by atoms with Crippen molar-refractivity contribution in [2.75, 3.05) is 13.2 Å². The van der Waals surface area contributed by atoms with Crippen molar-refractivity contribution in [3.05, 3.63) is 48.0 Å². The average Bonchev–Trinajstić information content (AvgIpc) is 2.74. The minimum absolute atomic E-state index is 0.173. The highest BCUT2D eigenvalue weighted by atomic mass is 16.5. The number of benzene rings is 2. The highest BCUT2D eigenvalue weighted by Crippen LogP contribution is 2.24. The van der Waals surface area contributed by atoms with E-state index in [0.717, 1.165) is 30.9 Å². The van der Waals surface area contributed by atoms with Gasteiger partial charge in [-0.15, -0.1) is 0 Å². The van der Waals surface area contributed by atoms with Crippen LogP contribution in [0.25, 0.3) is 0 Å². The predicted molar refractivity (Wildman–Crippen MR) is 121 cm³/mol. The smallest absolute Gasteiger partial charge is 0.128 e. The Bertz CT molecular complexity index is 725. The van der Waals surface area contributed by atoms with Crippen molar-refractivity contribution in [2.45, 2.75) is 65.2 Å².